The molecule has 0 fully saturated rings. The monoisotopic (exact) mass is 321 g/mol. The van der Waals surface area contributed by atoms with Crippen LogP contribution in [0, 0.1) is 11.2 Å². The molecule has 1 aromatic rings. The summed E-state index contributed by atoms with van der Waals surface area (Å²) in [5.41, 5.74) is -0.872. The first-order chi connectivity index (χ1) is 9.04. The van der Waals surface area contributed by atoms with Crippen molar-refractivity contribution in [1.82, 2.24) is 5.32 Å². The number of hydrogen-bond donors (Lipinski definition) is 2. The molecular formula is C13H14Cl2FNO3. The normalized spacial score (nSPS) is 12.9. The molecule has 1 aromatic carbocycles. The number of carboxylic acids is 1. The lowest BCUT2D eigenvalue weighted by molar-refractivity contribution is -0.142. The molecule has 1 amide bonds. The number of amides is 1. The quantitative estimate of drug-likeness (QED) is 0.839. The van der Waals surface area contributed by atoms with Crippen LogP contribution in [-0.2, 0) is 4.79 Å². The number of carbonyl (C=O) groups excluding carboxylic acids is 1. The largest absolute Gasteiger partial charge is 0.480 e. The molecule has 0 unspecified atom stereocenters. The Balaban J connectivity index is 3.07. The van der Waals surface area contributed by atoms with Gasteiger partial charge in [-0.05, 0) is 17.5 Å². The number of halogens is 3. The Morgan fingerprint density at radius 1 is 1.25 bits per heavy atom. The summed E-state index contributed by atoms with van der Waals surface area (Å²) in [6, 6.07) is 0.840. The Morgan fingerprint density at radius 3 is 2.25 bits per heavy atom. The van der Waals surface area contributed by atoms with Gasteiger partial charge >= 0.3 is 5.97 Å². The van der Waals surface area contributed by atoms with E-state index in [0.29, 0.717) is 0 Å². The average molecular weight is 322 g/mol. The topological polar surface area (TPSA) is 66.4 Å². The second-order valence-electron chi connectivity index (χ2n) is 5.36. The van der Waals surface area contributed by atoms with Gasteiger partial charge in [-0.3, -0.25) is 4.79 Å². The molecule has 0 aliphatic carbocycles. The predicted octanol–water partition coefficient (Wildman–Crippen LogP) is 3.36. The van der Waals surface area contributed by atoms with Gasteiger partial charge in [-0.1, -0.05) is 44.0 Å². The molecule has 20 heavy (non-hydrogen) atoms. The summed E-state index contributed by atoms with van der Waals surface area (Å²) in [4.78, 5) is 23.2. The highest BCUT2D eigenvalue weighted by Gasteiger charge is 2.33. The van der Waals surface area contributed by atoms with Crippen LogP contribution in [0.5, 0.6) is 0 Å². The van der Waals surface area contributed by atoms with Crippen molar-refractivity contribution in [2.24, 2.45) is 5.41 Å². The van der Waals surface area contributed by atoms with Gasteiger partial charge in [-0.2, -0.15) is 0 Å². The highest BCUT2D eigenvalue weighted by atomic mass is 35.5. The van der Waals surface area contributed by atoms with Crippen LogP contribution in [0.3, 0.4) is 0 Å². The second kappa shape index (κ2) is 5.97. The Bertz CT molecular complexity index is 555. The van der Waals surface area contributed by atoms with Gasteiger partial charge in [0.15, 0.2) is 0 Å². The van der Waals surface area contributed by atoms with E-state index in [9.17, 15) is 14.0 Å². The number of benzene rings is 1. The first-order valence-corrected chi connectivity index (χ1v) is 6.48. The molecule has 0 radical (unpaired) electrons. The molecule has 0 aliphatic heterocycles. The third-order valence-electron chi connectivity index (χ3n) is 2.64. The van der Waals surface area contributed by atoms with Crippen molar-refractivity contribution in [3.8, 4) is 0 Å². The molecule has 0 saturated carbocycles. The van der Waals surface area contributed by atoms with Crippen LogP contribution in [0.4, 0.5) is 4.39 Å². The van der Waals surface area contributed by atoms with E-state index in [1.165, 1.54) is 0 Å². The third kappa shape index (κ3) is 3.84. The Kier molecular flexibility index (Phi) is 5.00. The maximum atomic E-state index is 13.4. The highest BCUT2D eigenvalue weighted by Crippen LogP contribution is 2.25. The summed E-state index contributed by atoms with van der Waals surface area (Å²) in [5.74, 6) is -2.76. The summed E-state index contributed by atoms with van der Waals surface area (Å²) >= 11 is 11.3. The van der Waals surface area contributed by atoms with E-state index in [4.69, 9.17) is 28.3 Å². The molecule has 1 rings (SSSR count). The minimum absolute atomic E-state index is 0.0491. The van der Waals surface area contributed by atoms with E-state index in [2.05, 4.69) is 5.32 Å². The highest BCUT2D eigenvalue weighted by molar-refractivity contribution is 6.36. The minimum atomic E-state index is -1.18. The average Bonchev–Trinajstić information content (AvgIpc) is 2.28. The number of rotatable bonds is 3. The molecule has 0 aliphatic rings. The fraction of sp³-hybridized carbons (Fsp3) is 0.385. The molecule has 0 saturated heterocycles. The van der Waals surface area contributed by atoms with Crippen LogP contribution in [0.25, 0.3) is 0 Å². The first-order valence-electron chi connectivity index (χ1n) is 5.72. The Hall–Kier alpha value is -1.33. The lowest BCUT2D eigenvalue weighted by Gasteiger charge is -2.27. The number of nitrogens with one attached hydrogen (secondary N) is 1. The van der Waals surface area contributed by atoms with Crippen molar-refractivity contribution < 1.29 is 19.1 Å². The Morgan fingerprint density at radius 2 is 1.80 bits per heavy atom. The van der Waals surface area contributed by atoms with Gasteiger partial charge in [0.25, 0.3) is 5.91 Å². The summed E-state index contributed by atoms with van der Waals surface area (Å²) < 4.78 is 13.4. The van der Waals surface area contributed by atoms with E-state index in [0.717, 1.165) is 12.1 Å². The van der Waals surface area contributed by atoms with E-state index >= 15 is 0 Å². The van der Waals surface area contributed by atoms with Crippen molar-refractivity contribution in [2.75, 3.05) is 0 Å². The van der Waals surface area contributed by atoms with Gasteiger partial charge in [0.1, 0.15) is 11.9 Å². The molecular weight excluding hydrogens is 308 g/mol. The minimum Gasteiger partial charge on any atom is -0.480 e. The van der Waals surface area contributed by atoms with Gasteiger partial charge < -0.3 is 10.4 Å². The van der Waals surface area contributed by atoms with E-state index in [1.807, 2.05) is 0 Å². The van der Waals surface area contributed by atoms with Gasteiger partial charge in [0, 0.05) is 0 Å². The zero-order valence-corrected chi connectivity index (χ0v) is 12.6. The molecule has 4 nitrogen and oxygen atoms in total. The van der Waals surface area contributed by atoms with Crippen LogP contribution in [0.1, 0.15) is 31.1 Å². The molecule has 2 N–H and O–H groups in total. The summed E-state index contributed by atoms with van der Waals surface area (Å²) in [7, 11) is 0. The van der Waals surface area contributed by atoms with Crippen molar-refractivity contribution in [2.45, 2.75) is 26.8 Å². The molecule has 1 atom stereocenters. The Labute approximate surface area is 125 Å². The third-order valence-corrected chi connectivity index (χ3v) is 3.25. The zero-order valence-electron chi connectivity index (χ0n) is 11.1. The molecule has 110 valence electrons. The standard InChI is InChI=1S/C13H14Cl2FNO3/c1-13(2,3)10(12(19)20)17-11(18)6-4-9(16)8(15)5-7(6)14/h4-5,10H,1-3H3,(H,17,18)(H,19,20)/t10-/m0/s1. The summed E-state index contributed by atoms with van der Waals surface area (Å²) in [5, 5.41) is 11.2. The lowest BCUT2D eigenvalue weighted by Crippen LogP contribution is -2.49. The van der Waals surface area contributed by atoms with Crippen LogP contribution < -0.4 is 5.32 Å². The van der Waals surface area contributed by atoms with Crippen LogP contribution in [0.15, 0.2) is 12.1 Å². The van der Waals surface area contributed by atoms with Crippen molar-refractivity contribution in [1.29, 1.82) is 0 Å². The second-order valence-corrected chi connectivity index (χ2v) is 6.17. The van der Waals surface area contributed by atoms with Gasteiger partial charge in [0.2, 0.25) is 0 Å². The number of carboxylic acid groups (broad SMARTS) is 1. The van der Waals surface area contributed by atoms with Gasteiger partial charge in [0.05, 0.1) is 15.6 Å². The van der Waals surface area contributed by atoms with Crippen molar-refractivity contribution >= 4 is 35.1 Å². The van der Waals surface area contributed by atoms with E-state index in [1.54, 1.807) is 20.8 Å². The zero-order chi connectivity index (χ0) is 15.7. The number of carbonyl (C=O) groups is 2. The molecule has 0 aromatic heterocycles. The van der Waals surface area contributed by atoms with E-state index in [-0.39, 0.29) is 15.6 Å². The molecule has 7 heteroatoms. The fourth-order valence-electron chi connectivity index (χ4n) is 1.55. The van der Waals surface area contributed by atoms with E-state index < -0.39 is 29.2 Å². The van der Waals surface area contributed by atoms with Crippen molar-refractivity contribution in [3.05, 3.63) is 33.6 Å². The van der Waals surface area contributed by atoms with Gasteiger partial charge in [-0.15, -0.1) is 0 Å². The lowest BCUT2D eigenvalue weighted by atomic mass is 9.86. The number of aliphatic carboxylic acids is 1. The summed E-state index contributed by atoms with van der Waals surface area (Å²) in [6.45, 7) is 4.99. The molecule has 0 spiro atoms. The maximum Gasteiger partial charge on any atom is 0.326 e. The van der Waals surface area contributed by atoms with Crippen LogP contribution >= 0.6 is 23.2 Å². The van der Waals surface area contributed by atoms with Crippen LogP contribution in [-0.4, -0.2) is 23.0 Å². The molecule has 0 bridgehead atoms. The number of hydrogen-bond acceptors (Lipinski definition) is 2. The molecule has 0 heterocycles. The maximum absolute atomic E-state index is 13.4. The van der Waals surface area contributed by atoms with Crippen LogP contribution in [0.2, 0.25) is 10.0 Å². The SMILES string of the molecule is CC(C)(C)[C@@H](NC(=O)c1cc(F)c(Cl)cc1Cl)C(=O)O. The predicted molar refractivity (Wildman–Crippen MR) is 74.8 cm³/mol. The smallest absolute Gasteiger partial charge is 0.326 e. The van der Waals surface area contributed by atoms with Gasteiger partial charge in [-0.25, -0.2) is 9.18 Å². The van der Waals surface area contributed by atoms with Crippen molar-refractivity contribution in [3.63, 3.8) is 0 Å². The first kappa shape index (κ1) is 16.7. The summed E-state index contributed by atoms with van der Waals surface area (Å²) in [6.07, 6.45) is 0. The fourth-order valence-corrected chi connectivity index (χ4v) is 2.02.